The van der Waals surface area contributed by atoms with Crippen molar-refractivity contribution in [1.29, 1.82) is 0 Å². The second-order valence-corrected chi connectivity index (χ2v) is 5.38. The van der Waals surface area contributed by atoms with Gasteiger partial charge in [0.05, 0.1) is 24.3 Å². The number of hydrogen-bond acceptors (Lipinski definition) is 5. The molecule has 3 rings (SSSR count). The highest BCUT2D eigenvalue weighted by molar-refractivity contribution is 9.10. The molecule has 1 aromatic carbocycles. The average Bonchev–Trinajstić information content (AvgIpc) is 2.86. The largest absolute Gasteiger partial charge is 0.348 e. The van der Waals surface area contributed by atoms with Crippen molar-refractivity contribution in [2.45, 2.75) is 26.9 Å². The zero-order valence-corrected chi connectivity index (χ0v) is 13.4. The Morgan fingerprint density at radius 3 is 2.76 bits per heavy atom. The van der Waals surface area contributed by atoms with Crippen LogP contribution in [-0.2, 0) is 13.1 Å². The minimum Gasteiger partial charge on any atom is -0.348 e. The van der Waals surface area contributed by atoms with Gasteiger partial charge in [0.25, 0.3) is 0 Å². The number of aromatic nitrogens is 5. The number of halogens is 1. The quantitative estimate of drug-likeness (QED) is 0.786. The lowest BCUT2D eigenvalue weighted by Crippen LogP contribution is -2.06. The minimum absolute atomic E-state index is 0.526. The van der Waals surface area contributed by atoms with Crippen molar-refractivity contribution in [3.8, 4) is 0 Å². The van der Waals surface area contributed by atoms with E-state index >= 15 is 0 Å². The topological polar surface area (TPSA) is 68.5 Å². The first-order chi connectivity index (χ1) is 10.2. The van der Waals surface area contributed by atoms with Gasteiger partial charge in [-0.3, -0.25) is 0 Å². The van der Waals surface area contributed by atoms with Crippen LogP contribution in [0.3, 0.4) is 0 Å². The van der Waals surface area contributed by atoms with Crippen LogP contribution in [0.5, 0.6) is 0 Å². The summed E-state index contributed by atoms with van der Waals surface area (Å²) in [7, 11) is 0. The number of benzene rings is 1. The summed E-state index contributed by atoms with van der Waals surface area (Å²) in [6.07, 6.45) is 0. The molecule has 0 bridgehead atoms. The molecule has 0 aliphatic heterocycles. The molecule has 21 heavy (non-hydrogen) atoms. The summed E-state index contributed by atoms with van der Waals surface area (Å²) >= 11 is 3.41. The molecule has 0 saturated carbocycles. The molecule has 6 nitrogen and oxygen atoms in total. The summed E-state index contributed by atoms with van der Waals surface area (Å²) in [5.74, 6) is 0.601. The van der Waals surface area contributed by atoms with Crippen LogP contribution in [-0.4, -0.2) is 25.0 Å². The van der Waals surface area contributed by atoms with Gasteiger partial charge in [-0.05, 0) is 35.8 Å². The molecular weight excluding hydrogens is 332 g/mol. The summed E-state index contributed by atoms with van der Waals surface area (Å²) < 4.78 is 0.745. The molecule has 0 atom stereocenters. The molecule has 0 amide bonds. The third-order valence-corrected chi connectivity index (χ3v) is 3.78. The zero-order valence-electron chi connectivity index (χ0n) is 11.8. The van der Waals surface area contributed by atoms with Crippen molar-refractivity contribution >= 4 is 32.8 Å². The van der Waals surface area contributed by atoms with Crippen LogP contribution in [0.2, 0.25) is 0 Å². The van der Waals surface area contributed by atoms with Gasteiger partial charge in [0.15, 0.2) is 4.60 Å². The Bertz CT molecular complexity index is 782. The van der Waals surface area contributed by atoms with Crippen LogP contribution >= 0.6 is 15.9 Å². The Labute approximate surface area is 130 Å². The van der Waals surface area contributed by atoms with Crippen molar-refractivity contribution in [3.05, 3.63) is 40.3 Å². The normalized spacial score (nSPS) is 11.0. The number of rotatable bonds is 4. The van der Waals surface area contributed by atoms with Crippen LogP contribution in [0.25, 0.3) is 10.9 Å². The first kappa shape index (κ1) is 13.9. The molecule has 2 heterocycles. The number of para-hydroxylation sites is 1. The maximum absolute atomic E-state index is 4.52. The molecule has 0 unspecified atom stereocenters. The Morgan fingerprint density at radius 1 is 1.19 bits per heavy atom. The third kappa shape index (κ3) is 2.87. The lowest BCUT2D eigenvalue weighted by Gasteiger charge is -2.06. The smallest absolute Gasteiger partial charge is 0.223 e. The van der Waals surface area contributed by atoms with E-state index in [2.05, 4.69) is 41.4 Å². The van der Waals surface area contributed by atoms with E-state index in [-0.39, 0.29) is 0 Å². The highest BCUT2D eigenvalue weighted by Crippen LogP contribution is 2.17. The first-order valence-electron chi connectivity index (χ1n) is 6.74. The molecule has 0 aliphatic rings. The Hall–Kier alpha value is -2.02. The lowest BCUT2D eigenvalue weighted by molar-refractivity contribution is 0.563. The van der Waals surface area contributed by atoms with Crippen molar-refractivity contribution in [2.24, 2.45) is 0 Å². The molecule has 0 saturated heterocycles. The van der Waals surface area contributed by atoms with E-state index in [0.717, 1.165) is 33.4 Å². The van der Waals surface area contributed by atoms with Crippen LogP contribution in [0.4, 0.5) is 5.95 Å². The van der Waals surface area contributed by atoms with Crippen molar-refractivity contribution in [3.63, 3.8) is 0 Å². The van der Waals surface area contributed by atoms with E-state index in [1.165, 1.54) is 0 Å². The van der Waals surface area contributed by atoms with Crippen molar-refractivity contribution < 1.29 is 0 Å². The monoisotopic (exact) mass is 346 g/mol. The predicted molar refractivity (Wildman–Crippen MR) is 85.0 cm³/mol. The first-order valence-corrected chi connectivity index (χ1v) is 7.53. The van der Waals surface area contributed by atoms with Crippen molar-refractivity contribution in [1.82, 2.24) is 25.0 Å². The summed E-state index contributed by atoms with van der Waals surface area (Å²) in [4.78, 5) is 10.6. The standard InChI is InChI=1S/C14H15BrN6/c1-3-21-19-12(13(15)20-21)8-16-14-17-9(2)10-6-4-5-7-11(10)18-14/h4-7H,3,8H2,1-2H3,(H,16,17,18). The maximum atomic E-state index is 4.52. The fourth-order valence-corrected chi connectivity index (χ4v) is 2.49. The highest BCUT2D eigenvalue weighted by Gasteiger charge is 2.09. The van der Waals surface area contributed by atoms with E-state index in [4.69, 9.17) is 0 Å². The van der Waals surface area contributed by atoms with Crippen LogP contribution in [0, 0.1) is 6.92 Å². The number of nitrogens with one attached hydrogen (secondary N) is 1. The summed E-state index contributed by atoms with van der Waals surface area (Å²) in [5.41, 5.74) is 2.73. The van der Waals surface area contributed by atoms with Gasteiger partial charge in [-0.2, -0.15) is 9.90 Å². The summed E-state index contributed by atoms with van der Waals surface area (Å²) in [5, 5.41) is 12.9. The second-order valence-electron chi connectivity index (χ2n) is 4.63. The maximum Gasteiger partial charge on any atom is 0.223 e. The van der Waals surface area contributed by atoms with Gasteiger partial charge in [-0.15, -0.1) is 5.10 Å². The number of anilines is 1. The number of fused-ring (bicyclic) bond motifs is 1. The van der Waals surface area contributed by atoms with E-state index < -0.39 is 0 Å². The van der Waals surface area contributed by atoms with E-state index in [1.54, 1.807) is 4.80 Å². The van der Waals surface area contributed by atoms with Crippen molar-refractivity contribution in [2.75, 3.05) is 5.32 Å². The molecular formula is C14H15BrN6. The van der Waals surface area contributed by atoms with Gasteiger partial charge < -0.3 is 5.32 Å². The molecule has 7 heteroatoms. The van der Waals surface area contributed by atoms with Crippen LogP contribution in [0.1, 0.15) is 18.3 Å². The third-order valence-electron chi connectivity index (χ3n) is 3.17. The molecule has 3 aromatic rings. The minimum atomic E-state index is 0.526. The SMILES string of the molecule is CCn1nc(Br)c(CNc2nc(C)c3ccccc3n2)n1. The number of hydrogen-bond donors (Lipinski definition) is 1. The van der Waals surface area contributed by atoms with Gasteiger partial charge in [0, 0.05) is 5.39 Å². The van der Waals surface area contributed by atoms with Gasteiger partial charge in [0.1, 0.15) is 5.69 Å². The fraction of sp³-hybridized carbons (Fsp3) is 0.286. The van der Waals surface area contributed by atoms with Gasteiger partial charge in [0.2, 0.25) is 5.95 Å². The zero-order chi connectivity index (χ0) is 14.8. The molecule has 2 aromatic heterocycles. The van der Waals surface area contributed by atoms with Crippen LogP contribution in [0.15, 0.2) is 28.9 Å². The predicted octanol–water partition coefficient (Wildman–Crippen LogP) is 2.92. The van der Waals surface area contributed by atoms with E-state index in [0.29, 0.717) is 12.5 Å². The Balaban J connectivity index is 1.83. The Morgan fingerprint density at radius 2 is 2.00 bits per heavy atom. The van der Waals surface area contributed by atoms with Gasteiger partial charge >= 0.3 is 0 Å². The molecule has 0 spiro atoms. The molecule has 0 fully saturated rings. The summed E-state index contributed by atoms with van der Waals surface area (Å²) in [6, 6.07) is 7.98. The Kier molecular flexibility index (Phi) is 3.83. The number of nitrogens with zero attached hydrogens (tertiary/aromatic N) is 5. The van der Waals surface area contributed by atoms with E-state index in [9.17, 15) is 0 Å². The average molecular weight is 347 g/mol. The van der Waals surface area contributed by atoms with Crippen LogP contribution < -0.4 is 5.32 Å². The molecule has 1 N–H and O–H groups in total. The van der Waals surface area contributed by atoms with Gasteiger partial charge in [-0.1, -0.05) is 18.2 Å². The second kappa shape index (κ2) is 5.77. The van der Waals surface area contributed by atoms with E-state index in [1.807, 2.05) is 38.1 Å². The lowest BCUT2D eigenvalue weighted by atomic mass is 10.2. The van der Waals surface area contributed by atoms with Gasteiger partial charge in [-0.25, -0.2) is 9.97 Å². The summed E-state index contributed by atoms with van der Waals surface area (Å²) in [6.45, 7) is 5.25. The molecule has 108 valence electrons. The highest BCUT2D eigenvalue weighted by atomic mass is 79.9. The molecule has 0 aliphatic carbocycles. The number of aryl methyl sites for hydroxylation is 2. The fourth-order valence-electron chi connectivity index (χ4n) is 2.09. The molecule has 0 radical (unpaired) electrons.